The van der Waals surface area contributed by atoms with E-state index in [-0.39, 0.29) is 6.04 Å². The van der Waals surface area contributed by atoms with Crippen molar-refractivity contribution in [1.82, 2.24) is 19.4 Å². The molecule has 1 aliphatic heterocycles. The number of ether oxygens (including phenoxy) is 2. The minimum absolute atomic E-state index is 0.202. The molecule has 1 saturated heterocycles. The Labute approximate surface area is 268 Å². The summed E-state index contributed by atoms with van der Waals surface area (Å²) >= 11 is 0. The summed E-state index contributed by atoms with van der Waals surface area (Å²) in [6.07, 6.45) is 3.80. The van der Waals surface area contributed by atoms with Gasteiger partial charge < -0.3 is 25.1 Å². The van der Waals surface area contributed by atoms with E-state index >= 15 is 0 Å². The van der Waals surface area contributed by atoms with Crippen LogP contribution < -0.4 is 15.8 Å². The number of anilines is 1. The number of nitrogens with one attached hydrogen (secondary N) is 1. The summed E-state index contributed by atoms with van der Waals surface area (Å²) in [6, 6.07) is 25.5. The Morgan fingerprint density at radius 1 is 1.00 bits per heavy atom. The molecule has 1 amide bonds. The van der Waals surface area contributed by atoms with E-state index in [4.69, 9.17) is 25.2 Å². The molecule has 3 heterocycles. The minimum Gasteiger partial charge on any atom is -0.436 e. The molecule has 0 aliphatic carbocycles. The van der Waals surface area contributed by atoms with Crippen molar-refractivity contribution in [3.8, 4) is 17.7 Å². The highest BCUT2D eigenvalue weighted by atomic mass is 16.5. The number of nitriles is 1. The molecule has 10 nitrogen and oxygen atoms in total. The van der Waals surface area contributed by atoms with E-state index < -0.39 is 5.91 Å². The Hall–Kier alpha value is -5.24. The molecule has 0 bridgehead atoms. The number of aryl methyl sites for hydroxylation is 2. The summed E-state index contributed by atoms with van der Waals surface area (Å²) in [6.45, 7) is 7.29. The number of amides is 1. The van der Waals surface area contributed by atoms with E-state index in [1.54, 1.807) is 12.1 Å². The van der Waals surface area contributed by atoms with Crippen LogP contribution in [0.25, 0.3) is 11.0 Å². The minimum atomic E-state index is -0.414. The standard InChI is InChI=1S/C36H37N7O3/c1-24-18-28(20-37)19-25(2)33(24)46-35-32-31(14-17-43(32)23-45-22-27-6-4-3-5-7-27)40-36(41-35)39-30-12-15-42(16-13-30)21-26-8-10-29(11-9-26)34(38)44/h3-11,14,17-19,30H,12-13,15-16,21-23H2,1-2H3,(H2,38,44)(H,39,40,41). The van der Waals surface area contributed by atoms with Crippen molar-refractivity contribution in [2.75, 3.05) is 18.4 Å². The number of piperidine rings is 1. The number of carbonyl (C=O) groups excluding carboxylic acids is 1. The maximum atomic E-state index is 11.4. The van der Waals surface area contributed by atoms with Gasteiger partial charge in [-0.15, -0.1) is 0 Å². The largest absolute Gasteiger partial charge is 0.436 e. The second kappa shape index (κ2) is 13.8. The fourth-order valence-corrected chi connectivity index (χ4v) is 5.87. The van der Waals surface area contributed by atoms with Gasteiger partial charge in [-0.2, -0.15) is 10.2 Å². The van der Waals surface area contributed by atoms with Gasteiger partial charge in [-0.05, 0) is 79.3 Å². The zero-order valence-corrected chi connectivity index (χ0v) is 26.1. The predicted octanol–water partition coefficient (Wildman–Crippen LogP) is 6.06. The molecular formula is C36H37N7O3. The molecule has 0 spiro atoms. The maximum absolute atomic E-state index is 11.4. The van der Waals surface area contributed by atoms with Gasteiger partial charge in [0.15, 0.2) is 0 Å². The zero-order chi connectivity index (χ0) is 32.0. The molecule has 0 radical (unpaired) electrons. The SMILES string of the molecule is Cc1cc(C#N)cc(C)c1Oc1nc(NC2CCN(Cc3ccc(C(N)=O)cc3)CC2)nc2ccn(COCc3ccccc3)c12. The number of likely N-dealkylation sites (tertiary alicyclic amines) is 1. The number of nitrogens with zero attached hydrogens (tertiary/aromatic N) is 5. The van der Waals surface area contributed by atoms with E-state index in [1.165, 1.54) is 0 Å². The van der Waals surface area contributed by atoms with E-state index in [0.717, 1.165) is 65.8 Å². The Balaban J connectivity index is 1.19. The summed E-state index contributed by atoms with van der Waals surface area (Å²) in [5.74, 6) is 1.19. The molecule has 2 aromatic heterocycles. The number of fused-ring (bicyclic) bond motifs is 1. The van der Waals surface area contributed by atoms with Gasteiger partial charge >= 0.3 is 0 Å². The fraction of sp³-hybridized carbons (Fsp3) is 0.278. The number of hydrogen-bond acceptors (Lipinski definition) is 8. The molecule has 234 valence electrons. The highest BCUT2D eigenvalue weighted by Gasteiger charge is 2.22. The summed E-state index contributed by atoms with van der Waals surface area (Å²) in [4.78, 5) is 23.5. The summed E-state index contributed by atoms with van der Waals surface area (Å²) in [7, 11) is 0. The molecule has 3 N–H and O–H groups in total. The topological polar surface area (TPSA) is 131 Å². The third kappa shape index (κ3) is 7.18. The molecule has 1 fully saturated rings. The Morgan fingerprint density at radius 2 is 1.72 bits per heavy atom. The van der Waals surface area contributed by atoms with Crippen LogP contribution in [0.3, 0.4) is 0 Å². The van der Waals surface area contributed by atoms with Crippen molar-refractivity contribution >= 4 is 22.9 Å². The van der Waals surface area contributed by atoms with Crippen LogP contribution in [0.2, 0.25) is 0 Å². The normalized spacial score (nSPS) is 13.8. The predicted molar refractivity (Wildman–Crippen MR) is 176 cm³/mol. The van der Waals surface area contributed by atoms with Crippen molar-refractivity contribution in [3.63, 3.8) is 0 Å². The van der Waals surface area contributed by atoms with Crippen molar-refractivity contribution in [2.45, 2.75) is 52.6 Å². The third-order valence-corrected chi connectivity index (χ3v) is 8.27. The second-order valence-electron chi connectivity index (χ2n) is 11.7. The first-order valence-electron chi connectivity index (χ1n) is 15.4. The van der Waals surface area contributed by atoms with Crippen molar-refractivity contribution in [3.05, 3.63) is 112 Å². The number of benzene rings is 3. The molecule has 0 atom stereocenters. The van der Waals surface area contributed by atoms with Crippen molar-refractivity contribution < 1.29 is 14.3 Å². The average Bonchev–Trinajstić information content (AvgIpc) is 3.47. The van der Waals surface area contributed by atoms with Gasteiger partial charge in [0.1, 0.15) is 18.0 Å². The molecule has 46 heavy (non-hydrogen) atoms. The molecule has 0 saturated carbocycles. The van der Waals surface area contributed by atoms with Gasteiger partial charge in [-0.1, -0.05) is 42.5 Å². The number of rotatable bonds is 11. The average molecular weight is 616 g/mol. The summed E-state index contributed by atoms with van der Waals surface area (Å²) in [5.41, 5.74) is 11.9. The van der Waals surface area contributed by atoms with Crippen LogP contribution >= 0.6 is 0 Å². The number of aromatic nitrogens is 3. The highest BCUT2D eigenvalue weighted by Crippen LogP contribution is 2.34. The van der Waals surface area contributed by atoms with Crippen LogP contribution in [-0.4, -0.2) is 44.5 Å². The smallest absolute Gasteiger partial charge is 0.249 e. The maximum Gasteiger partial charge on any atom is 0.249 e. The molecule has 10 heteroatoms. The first-order valence-corrected chi connectivity index (χ1v) is 15.4. The Kier molecular flexibility index (Phi) is 9.24. The van der Waals surface area contributed by atoms with Gasteiger partial charge in [0.25, 0.3) is 0 Å². The first-order chi connectivity index (χ1) is 22.4. The number of primary amides is 1. The molecular weight excluding hydrogens is 578 g/mol. The van der Waals surface area contributed by atoms with E-state index in [9.17, 15) is 10.1 Å². The lowest BCUT2D eigenvalue weighted by Gasteiger charge is -2.32. The van der Waals surface area contributed by atoms with Crippen LogP contribution in [0.1, 0.15) is 51.0 Å². The number of hydrogen-bond donors (Lipinski definition) is 2. The monoisotopic (exact) mass is 615 g/mol. The lowest BCUT2D eigenvalue weighted by Crippen LogP contribution is -2.39. The zero-order valence-electron chi connectivity index (χ0n) is 26.1. The van der Waals surface area contributed by atoms with Gasteiger partial charge in [-0.3, -0.25) is 9.69 Å². The van der Waals surface area contributed by atoms with Gasteiger partial charge in [0.05, 0.1) is 23.8 Å². The molecule has 3 aromatic carbocycles. The van der Waals surface area contributed by atoms with E-state index in [2.05, 4.69) is 16.3 Å². The van der Waals surface area contributed by atoms with Crippen LogP contribution in [0, 0.1) is 25.2 Å². The van der Waals surface area contributed by atoms with Crippen LogP contribution in [0.4, 0.5) is 5.95 Å². The van der Waals surface area contributed by atoms with Crippen LogP contribution in [0.5, 0.6) is 11.6 Å². The third-order valence-electron chi connectivity index (χ3n) is 8.27. The molecule has 5 aromatic rings. The molecule has 1 aliphatic rings. The first kappa shape index (κ1) is 30.8. The van der Waals surface area contributed by atoms with Crippen LogP contribution in [0.15, 0.2) is 79.0 Å². The van der Waals surface area contributed by atoms with E-state index in [0.29, 0.717) is 42.0 Å². The lowest BCUT2D eigenvalue weighted by molar-refractivity contribution is 0.0665. The lowest BCUT2D eigenvalue weighted by atomic mass is 10.0. The van der Waals surface area contributed by atoms with Crippen molar-refractivity contribution in [1.29, 1.82) is 5.26 Å². The Bertz CT molecular complexity index is 1850. The second-order valence-corrected chi connectivity index (χ2v) is 11.7. The molecule has 0 unspecified atom stereocenters. The quantitative estimate of drug-likeness (QED) is 0.183. The highest BCUT2D eigenvalue weighted by molar-refractivity contribution is 5.92. The number of carbonyl (C=O) groups is 1. The Morgan fingerprint density at radius 3 is 2.39 bits per heavy atom. The van der Waals surface area contributed by atoms with Gasteiger partial charge in [0, 0.05) is 37.4 Å². The summed E-state index contributed by atoms with van der Waals surface area (Å²) in [5, 5.41) is 13.0. The van der Waals surface area contributed by atoms with Crippen LogP contribution in [-0.2, 0) is 24.6 Å². The number of nitrogens with two attached hydrogens (primary N) is 1. The summed E-state index contributed by atoms with van der Waals surface area (Å²) < 4.78 is 14.5. The van der Waals surface area contributed by atoms with Gasteiger partial charge in [0.2, 0.25) is 17.7 Å². The van der Waals surface area contributed by atoms with E-state index in [1.807, 2.05) is 85.3 Å². The fourth-order valence-electron chi connectivity index (χ4n) is 5.87. The van der Waals surface area contributed by atoms with Crippen molar-refractivity contribution in [2.24, 2.45) is 5.73 Å². The van der Waals surface area contributed by atoms with Gasteiger partial charge in [-0.25, -0.2) is 4.98 Å². The molecule has 6 rings (SSSR count).